The monoisotopic (exact) mass is 199 g/mol. The van der Waals surface area contributed by atoms with Crippen molar-refractivity contribution in [3.63, 3.8) is 0 Å². The van der Waals surface area contributed by atoms with Gasteiger partial charge in [-0.1, -0.05) is 0 Å². The minimum absolute atomic E-state index is 0.237. The van der Waals surface area contributed by atoms with Crippen molar-refractivity contribution in [3.05, 3.63) is 0 Å². The number of hydrogen-bond donors (Lipinski definition) is 1. The summed E-state index contributed by atoms with van der Waals surface area (Å²) in [5.41, 5.74) is 0. The third-order valence-corrected chi connectivity index (χ3v) is 1.13. The molecule has 0 saturated carbocycles. The van der Waals surface area contributed by atoms with Crippen molar-refractivity contribution in [1.29, 1.82) is 0 Å². The summed E-state index contributed by atoms with van der Waals surface area (Å²) < 4.78 is 80.8. The summed E-state index contributed by atoms with van der Waals surface area (Å²) in [5, 5.41) is 0.542. The highest BCUT2D eigenvalue weighted by atomic mass is 19.4. The topological polar surface area (TPSA) is 12.0 Å². The number of nitrogens with one attached hydrogen (secondary N) is 1. The van der Waals surface area contributed by atoms with Gasteiger partial charge >= 0.3 is 18.1 Å². The van der Waals surface area contributed by atoms with Crippen LogP contribution in [0.2, 0.25) is 0 Å². The van der Waals surface area contributed by atoms with Crippen LogP contribution >= 0.6 is 0 Å². The molecule has 0 aromatic carbocycles. The molecule has 0 spiro atoms. The minimum atomic E-state index is -6.01. The van der Waals surface area contributed by atoms with Crippen molar-refractivity contribution in [1.82, 2.24) is 5.32 Å². The lowest BCUT2D eigenvalue weighted by Crippen LogP contribution is -2.61. The Balaban J connectivity index is 4.95. The summed E-state index contributed by atoms with van der Waals surface area (Å²) in [6.45, 7) is 0. The van der Waals surface area contributed by atoms with Crippen LogP contribution in [-0.4, -0.2) is 25.2 Å². The molecule has 0 radical (unpaired) electrons. The molecule has 0 bridgehead atoms. The van der Waals surface area contributed by atoms with Crippen molar-refractivity contribution in [2.75, 3.05) is 7.05 Å². The highest BCUT2D eigenvalue weighted by Crippen LogP contribution is 2.43. The van der Waals surface area contributed by atoms with Gasteiger partial charge in [0.05, 0.1) is 0 Å². The fourth-order valence-electron chi connectivity index (χ4n) is 0.444. The second-order valence-corrected chi connectivity index (χ2v) is 1.90. The quantitative estimate of drug-likeness (QED) is 0.503. The summed E-state index contributed by atoms with van der Waals surface area (Å²) in [5.74, 6) is -5.33. The second kappa shape index (κ2) is 2.75. The molecule has 1 N–H and O–H groups in total. The van der Waals surface area contributed by atoms with Crippen LogP contribution in [0.5, 0.6) is 0 Å². The van der Waals surface area contributed by atoms with E-state index in [1.807, 2.05) is 0 Å². The van der Waals surface area contributed by atoms with Crippen molar-refractivity contribution in [2.24, 2.45) is 0 Å². The summed E-state index contributed by atoms with van der Waals surface area (Å²) in [7, 11) is 0.237. The average Bonchev–Trinajstić information content (AvgIpc) is 1.81. The van der Waals surface area contributed by atoms with E-state index < -0.39 is 18.1 Å². The Hall–Kier alpha value is -0.530. The first-order valence-corrected chi connectivity index (χ1v) is 2.57. The lowest BCUT2D eigenvalue weighted by atomic mass is 10.2. The molecule has 0 rings (SSSR count). The van der Waals surface area contributed by atoms with Gasteiger partial charge in [0.2, 0.25) is 0 Å². The van der Waals surface area contributed by atoms with Crippen molar-refractivity contribution in [2.45, 2.75) is 18.1 Å². The van der Waals surface area contributed by atoms with E-state index in [1.165, 1.54) is 0 Å². The predicted molar refractivity (Wildman–Crippen MR) is 25.0 cm³/mol. The molecule has 0 aromatic heterocycles. The fraction of sp³-hybridized carbons (Fsp3) is 1.00. The van der Waals surface area contributed by atoms with Crippen molar-refractivity contribution < 1.29 is 30.7 Å². The van der Waals surface area contributed by atoms with Gasteiger partial charge in [0.15, 0.2) is 0 Å². The van der Waals surface area contributed by atoms with Gasteiger partial charge in [-0.3, -0.25) is 5.32 Å². The van der Waals surface area contributed by atoms with E-state index in [9.17, 15) is 30.7 Å². The maximum absolute atomic E-state index is 12.2. The summed E-state index contributed by atoms with van der Waals surface area (Å²) in [6, 6.07) is 0. The predicted octanol–water partition coefficient (Wildman–Crippen LogP) is 2.00. The summed E-state index contributed by atoms with van der Waals surface area (Å²) in [6.07, 6.45) is -12.0. The van der Waals surface area contributed by atoms with Gasteiger partial charge in [-0.15, -0.1) is 0 Å². The molecule has 1 nitrogen and oxygen atoms in total. The van der Waals surface area contributed by atoms with E-state index in [-0.39, 0.29) is 7.05 Å². The molecule has 0 aromatic rings. The molecule has 0 heterocycles. The smallest absolute Gasteiger partial charge is 0.273 e. The number of hydrogen-bond acceptors (Lipinski definition) is 1. The van der Waals surface area contributed by atoms with Gasteiger partial charge in [0.1, 0.15) is 0 Å². The zero-order valence-electron chi connectivity index (χ0n) is 5.65. The van der Waals surface area contributed by atoms with Crippen LogP contribution in [0, 0.1) is 0 Å². The van der Waals surface area contributed by atoms with Crippen LogP contribution in [0.15, 0.2) is 0 Å². The molecule has 0 saturated heterocycles. The molecule has 0 aliphatic heterocycles. The van der Waals surface area contributed by atoms with Gasteiger partial charge in [-0.2, -0.15) is 26.3 Å². The normalized spacial score (nSPS) is 15.0. The second-order valence-electron chi connectivity index (χ2n) is 1.90. The molecule has 8 heteroatoms. The molecule has 0 fully saturated rings. The van der Waals surface area contributed by atoms with Crippen molar-refractivity contribution in [3.8, 4) is 0 Å². The molecule has 0 aliphatic carbocycles. The number of rotatable bonds is 1. The summed E-state index contributed by atoms with van der Waals surface area (Å²) in [4.78, 5) is 0. The minimum Gasteiger partial charge on any atom is -0.273 e. The third-order valence-electron chi connectivity index (χ3n) is 1.13. The van der Waals surface area contributed by atoms with E-state index in [0.29, 0.717) is 5.32 Å². The van der Waals surface area contributed by atoms with E-state index in [4.69, 9.17) is 0 Å². The van der Waals surface area contributed by atoms with Gasteiger partial charge in [-0.25, -0.2) is 4.39 Å². The molecular weight excluding hydrogens is 195 g/mol. The first kappa shape index (κ1) is 11.5. The van der Waals surface area contributed by atoms with Gasteiger partial charge in [0, 0.05) is 0 Å². The molecule has 12 heavy (non-hydrogen) atoms. The SMILES string of the molecule is CNC(F)(C(F)(F)F)C(F)(F)F. The zero-order chi connectivity index (χ0) is 10.2. The largest absolute Gasteiger partial charge is 0.445 e. The van der Waals surface area contributed by atoms with Gasteiger partial charge in [0.25, 0.3) is 0 Å². The number of halogens is 7. The maximum Gasteiger partial charge on any atom is 0.445 e. The van der Waals surface area contributed by atoms with E-state index in [0.717, 1.165) is 0 Å². The Kier molecular flexibility index (Phi) is 2.63. The Labute approximate surface area is 62.5 Å². The van der Waals surface area contributed by atoms with Crippen LogP contribution in [0.4, 0.5) is 30.7 Å². The van der Waals surface area contributed by atoms with Crippen molar-refractivity contribution >= 4 is 0 Å². The number of alkyl halides is 7. The lowest BCUT2D eigenvalue weighted by Gasteiger charge is -2.28. The van der Waals surface area contributed by atoms with Gasteiger partial charge < -0.3 is 0 Å². The van der Waals surface area contributed by atoms with Crippen LogP contribution in [0.1, 0.15) is 0 Å². The highest BCUT2D eigenvalue weighted by molar-refractivity contribution is 4.90. The Morgan fingerprint density at radius 2 is 1.00 bits per heavy atom. The molecule has 74 valence electrons. The van der Waals surface area contributed by atoms with Crippen LogP contribution in [0.25, 0.3) is 0 Å². The van der Waals surface area contributed by atoms with E-state index in [1.54, 1.807) is 0 Å². The first-order chi connectivity index (χ1) is 5.06. The molecule has 0 atom stereocenters. The van der Waals surface area contributed by atoms with Crippen LogP contribution in [-0.2, 0) is 0 Å². The van der Waals surface area contributed by atoms with Crippen LogP contribution < -0.4 is 5.32 Å². The van der Waals surface area contributed by atoms with E-state index >= 15 is 0 Å². The third kappa shape index (κ3) is 1.62. The highest BCUT2D eigenvalue weighted by Gasteiger charge is 2.72. The van der Waals surface area contributed by atoms with Gasteiger partial charge in [-0.05, 0) is 7.05 Å². The van der Waals surface area contributed by atoms with Crippen LogP contribution in [0.3, 0.4) is 0 Å². The lowest BCUT2D eigenvalue weighted by molar-refractivity contribution is -0.350. The Bertz CT molecular complexity index is 142. The molecular formula is C4H4F7N. The maximum atomic E-state index is 12.2. The average molecular weight is 199 g/mol. The summed E-state index contributed by atoms with van der Waals surface area (Å²) >= 11 is 0. The first-order valence-electron chi connectivity index (χ1n) is 2.57. The fourth-order valence-corrected chi connectivity index (χ4v) is 0.444. The molecule has 0 unspecified atom stereocenters. The van der Waals surface area contributed by atoms with E-state index in [2.05, 4.69) is 0 Å². The Morgan fingerprint density at radius 3 is 1.00 bits per heavy atom. The standard InChI is InChI=1S/C4H4F7N/c1-12-2(5,3(6,7)8)4(9,10)11/h12H,1H3. The molecule has 0 aliphatic rings. The Morgan fingerprint density at radius 1 is 0.750 bits per heavy atom. The molecule has 0 amide bonds. The zero-order valence-corrected chi connectivity index (χ0v) is 5.65.